The molecule has 1 aliphatic heterocycles. The molecule has 5 nitrogen and oxygen atoms in total. The highest BCUT2D eigenvalue weighted by Crippen LogP contribution is 2.19. The summed E-state index contributed by atoms with van der Waals surface area (Å²) in [4.78, 5) is 26.5. The SMILES string of the molecule is O=C(CNc1ccc2ccccc2c1)Nc1ccc(C(=O)N2CCCC2)cc1. The van der Waals surface area contributed by atoms with Crippen LogP contribution in [0.15, 0.2) is 66.7 Å². The Hall–Kier alpha value is -3.34. The zero-order valence-corrected chi connectivity index (χ0v) is 15.7. The molecule has 1 fully saturated rings. The molecule has 142 valence electrons. The van der Waals surface area contributed by atoms with Crippen molar-refractivity contribution in [2.24, 2.45) is 0 Å². The molecule has 0 saturated carbocycles. The van der Waals surface area contributed by atoms with Crippen LogP contribution in [0.3, 0.4) is 0 Å². The Balaban J connectivity index is 1.32. The van der Waals surface area contributed by atoms with E-state index in [1.54, 1.807) is 24.3 Å². The molecule has 5 heteroatoms. The number of nitrogens with one attached hydrogen (secondary N) is 2. The van der Waals surface area contributed by atoms with E-state index in [1.807, 2.05) is 41.3 Å². The number of amides is 2. The van der Waals surface area contributed by atoms with E-state index in [9.17, 15) is 9.59 Å². The van der Waals surface area contributed by atoms with Crippen LogP contribution in [0, 0.1) is 0 Å². The van der Waals surface area contributed by atoms with Crippen molar-refractivity contribution in [3.8, 4) is 0 Å². The van der Waals surface area contributed by atoms with Crippen molar-refractivity contribution in [2.45, 2.75) is 12.8 Å². The molecule has 0 aliphatic carbocycles. The lowest BCUT2D eigenvalue weighted by Crippen LogP contribution is -2.27. The first kappa shape index (κ1) is 18.0. The van der Waals surface area contributed by atoms with Gasteiger partial charge in [-0.3, -0.25) is 9.59 Å². The summed E-state index contributed by atoms with van der Waals surface area (Å²) in [6, 6.07) is 21.2. The van der Waals surface area contributed by atoms with Gasteiger partial charge in [0.2, 0.25) is 5.91 Å². The monoisotopic (exact) mass is 373 g/mol. The second-order valence-corrected chi connectivity index (χ2v) is 7.04. The lowest BCUT2D eigenvalue weighted by atomic mass is 10.1. The van der Waals surface area contributed by atoms with E-state index < -0.39 is 0 Å². The van der Waals surface area contributed by atoms with Crippen LogP contribution in [0.1, 0.15) is 23.2 Å². The van der Waals surface area contributed by atoms with E-state index in [0.29, 0.717) is 11.3 Å². The first-order valence-electron chi connectivity index (χ1n) is 9.61. The third-order valence-electron chi connectivity index (χ3n) is 5.01. The number of hydrogen-bond donors (Lipinski definition) is 2. The van der Waals surface area contributed by atoms with Gasteiger partial charge < -0.3 is 15.5 Å². The summed E-state index contributed by atoms with van der Waals surface area (Å²) < 4.78 is 0. The predicted molar refractivity (Wildman–Crippen MR) is 113 cm³/mol. The van der Waals surface area contributed by atoms with Crippen LogP contribution < -0.4 is 10.6 Å². The van der Waals surface area contributed by atoms with E-state index in [-0.39, 0.29) is 18.4 Å². The van der Waals surface area contributed by atoms with Gasteiger partial charge in [0.1, 0.15) is 0 Å². The van der Waals surface area contributed by atoms with Gasteiger partial charge in [0.05, 0.1) is 6.54 Å². The van der Waals surface area contributed by atoms with Crippen molar-refractivity contribution < 1.29 is 9.59 Å². The van der Waals surface area contributed by atoms with E-state index in [4.69, 9.17) is 0 Å². The molecule has 0 spiro atoms. The van der Waals surface area contributed by atoms with Crippen LogP contribution in [0.2, 0.25) is 0 Å². The quantitative estimate of drug-likeness (QED) is 0.707. The van der Waals surface area contributed by atoms with E-state index in [1.165, 1.54) is 5.39 Å². The number of rotatable bonds is 5. The molecule has 0 unspecified atom stereocenters. The molecule has 1 aliphatic rings. The fourth-order valence-corrected chi connectivity index (χ4v) is 3.49. The maximum Gasteiger partial charge on any atom is 0.253 e. The Kier molecular flexibility index (Phi) is 5.24. The first-order valence-corrected chi connectivity index (χ1v) is 9.61. The lowest BCUT2D eigenvalue weighted by Gasteiger charge is -2.15. The summed E-state index contributed by atoms with van der Waals surface area (Å²) in [6.45, 7) is 1.84. The fourth-order valence-electron chi connectivity index (χ4n) is 3.49. The second kappa shape index (κ2) is 8.13. The van der Waals surface area contributed by atoms with Gasteiger partial charge in [0.25, 0.3) is 5.91 Å². The maximum atomic E-state index is 12.4. The van der Waals surface area contributed by atoms with Crippen LogP contribution in [0.4, 0.5) is 11.4 Å². The molecule has 0 radical (unpaired) electrons. The summed E-state index contributed by atoms with van der Waals surface area (Å²) in [5.74, 6) is -0.0693. The highest BCUT2D eigenvalue weighted by molar-refractivity contribution is 5.97. The number of benzene rings is 3. The van der Waals surface area contributed by atoms with Crippen LogP contribution >= 0.6 is 0 Å². The second-order valence-electron chi connectivity index (χ2n) is 7.04. The molecule has 0 bridgehead atoms. The Bertz CT molecular complexity index is 992. The average molecular weight is 373 g/mol. The minimum absolute atomic E-state index is 0.0633. The molecule has 2 amide bonds. The van der Waals surface area contributed by atoms with E-state index in [2.05, 4.69) is 16.7 Å². The Labute approximate surface area is 164 Å². The van der Waals surface area contributed by atoms with E-state index >= 15 is 0 Å². The van der Waals surface area contributed by atoms with Crippen molar-refractivity contribution in [3.63, 3.8) is 0 Å². The summed E-state index contributed by atoms with van der Waals surface area (Å²) >= 11 is 0. The van der Waals surface area contributed by atoms with Crippen LogP contribution in [-0.2, 0) is 4.79 Å². The van der Waals surface area contributed by atoms with Crippen molar-refractivity contribution in [1.82, 2.24) is 4.90 Å². The lowest BCUT2D eigenvalue weighted by molar-refractivity contribution is -0.114. The predicted octanol–water partition coefficient (Wildman–Crippen LogP) is 4.13. The van der Waals surface area contributed by atoms with Crippen LogP contribution in [0.5, 0.6) is 0 Å². The van der Waals surface area contributed by atoms with Crippen molar-refractivity contribution in [3.05, 3.63) is 72.3 Å². The molecule has 1 heterocycles. The average Bonchev–Trinajstić information content (AvgIpc) is 3.27. The highest BCUT2D eigenvalue weighted by atomic mass is 16.2. The van der Waals surface area contributed by atoms with Gasteiger partial charge in [-0.15, -0.1) is 0 Å². The van der Waals surface area contributed by atoms with Gasteiger partial charge in [-0.05, 0) is 60.0 Å². The Morgan fingerprint density at radius 1 is 0.821 bits per heavy atom. The number of carbonyl (C=O) groups excluding carboxylic acids is 2. The van der Waals surface area contributed by atoms with Gasteiger partial charge in [0.15, 0.2) is 0 Å². The summed E-state index contributed by atoms with van der Waals surface area (Å²) in [5.41, 5.74) is 2.25. The number of carbonyl (C=O) groups is 2. The smallest absolute Gasteiger partial charge is 0.253 e. The Morgan fingerprint density at radius 2 is 1.50 bits per heavy atom. The zero-order chi connectivity index (χ0) is 19.3. The molecule has 2 N–H and O–H groups in total. The molecular formula is C23H23N3O2. The molecule has 0 aromatic heterocycles. The minimum atomic E-state index is -0.133. The van der Waals surface area contributed by atoms with Crippen molar-refractivity contribution in [1.29, 1.82) is 0 Å². The Morgan fingerprint density at radius 3 is 2.25 bits per heavy atom. The van der Waals surface area contributed by atoms with Crippen molar-refractivity contribution >= 4 is 34.0 Å². The van der Waals surface area contributed by atoms with Gasteiger partial charge in [-0.2, -0.15) is 0 Å². The van der Waals surface area contributed by atoms with Crippen LogP contribution in [-0.4, -0.2) is 36.3 Å². The van der Waals surface area contributed by atoms with Gasteiger partial charge in [-0.1, -0.05) is 30.3 Å². The minimum Gasteiger partial charge on any atom is -0.376 e. The molecule has 1 saturated heterocycles. The van der Waals surface area contributed by atoms with Crippen LogP contribution in [0.25, 0.3) is 10.8 Å². The summed E-state index contributed by atoms with van der Waals surface area (Å²) in [5, 5.41) is 8.31. The molecule has 28 heavy (non-hydrogen) atoms. The van der Waals surface area contributed by atoms with Gasteiger partial charge >= 0.3 is 0 Å². The fraction of sp³-hybridized carbons (Fsp3) is 0.217. The standard InChI is InChI=1S/C23H23N3O2/c27-22(16-24-21-12-7-17-5-1-2-6-19(17)15-21)25-20-10-8-18(9-11-20)23(28)26-13-3-4-14-26/h1-2,5-12,15,24H,3-4,13-14,16H2,(H,25,27). The molecule has 4 rings (SSSR count). The summed E-state index contributed by atoms with van der Waals surface area (Å²) in [7, 11) is 0. The number of hydrogen-bond acceptors (Lipinski definition) is 3. The molecule has 3 aromatic carbocycles. The number of fused-ring (bicyclic) bond motifs is 1. The number of anilines is 2. The van der Waals surface area contributed by atoms with Gasteiger partial charge in [0, 0.05) is 30.0 Å². The third-order valence-corrected chi connectivity index (χ3v) is 5.01. The topological polar surface area (TPSA) is 61.4 Å². The number of nitrogens with zero attached hydrogens (tertiary/aromatic N) is 1. The van der Waals surface area contributed by atoms with Crippen molar-refractivity contribution in [2.75, 3.05) is 30.3 Å². The third kappa shape index (κ3) is 4.14. The maximum absolute atomic E-state index is 12.4. The van der Waals surface area contributed by atoms with Gasteiger partial charge in [-0.25, -0.2) is 0 Å². The number of likely N-dealkylation sites (tertiary alicyclic amines) is 1. The van der Waals surface area contributed by atoms with E-state index in [0.717, 1.165) is 37.0 Å². The molecule has 0 atom stereocenters. The molecular weight excluding hydrogens is 350 g/mol. The summed E-state index contributed by atoms with van der Waals surface area (Å²) in [6.07, 6.45) is 2.15. The highest BCUT2D eigenvalue weighted by Gasteiger charge is 2.19. The largest absolute Gasteiger partial charge is 0.376 e. The molecule has 3 aromatic rings. The normalized spacial score (nSPS) is 13.5. The zero-order valence-electron chi connectivity index (χ0n) is 15.7. The first-order chi connectivity index (χ1) is 13.7.